The molecular formula is C14H16N6S. The molecule has 0 radical (unpaired) electrons. The van der Waals surface area contributed by atoms with Crippen molar-refractivity contribution in [1.82, 2.24) is 29.9 Å². The van der Waals surface area contributed by atoms with Gasteiger partial charge in [-0.15, -0.1) is 10.2 Å². The standard InChI is InChI=1S/C14H16N6S/c1-2-8-15-14(12-10-21-19-17-12)13-9-16-18-20(13)11-6-4-3-5-7-11/h3-7,9-10,14-15H,2,8H2,1H3. The van der Waals surface area contributed by atoms with Gasteiger partial charge in [0.05, 0.1) is 29.3 Å². The fourth-order valence-electron chi connectivity index (χ4n) is 2.16. The molecule has 3 rings (SSSR count). The van der Waals surface area contributed by atoms with Crippen molar-refractivity contribution in [3.8, 4) is 5.69 Å². The molecule has 0 spiro atoms. The van der Waals surface area contributed by atoms with Crippen LogP contribution in [0.4, 0.5) is 0 Å². The van der Waals surface area contributed by atoms with E-state index in [4.69, 9.17) is 0 Å². The van der Waals surface area contributed by atoms with Gasteiger partial charge in [0.1, 0.15) is 0 Å². The zero-order chi connectivity index (χ0) is 14.5. The van der Waals surface area contributed by atoms with E-state index < -0.39 is 0 Å². The molecule has 0 fully saturated rings. The van der Waals surface area contributed by atoms with E-state index in [2.05, 4.69) is 32.1 Å². The third kappa shape index (κ3) is 2.98. The highest BCUT2D eigenvalue weighted by Crippen LogP contribution is 2.22. The van der Waals surface area contributed by atoms with E-state index in [0.29, 0.717) is 0 Å². The van der Waals surface area contributed by atoms with E-state index in [1.807, 2.05) is 40.4 Å². The predicted octanol–water partition coefficient (Wildman–Crippen LogP) is 2.21. The molecule has 2 heterocycles. The van der Waals surface area contributed by atoms with Gasteiger partial charge in [0, 0.05) is 5.38 Å². The molecule has 1 unspecified atom stereocenters. The van der Waals surface area contributed by atoms with E-state index in [1.165, 1.54) is 11.5 Å². The molecule has 7 heteroatoms. The van der Waals surface area contributed by atoms with Gasteiger partial charge in [-0.3, -0.25) is 0 Å². The van der Waals surface area contributed by atoms with E-state index in [0.717, 1.165) is 30.0 Å². The minimum atomic E-state index is -0.0566. The highest BCUT2D eigenvalue weighted by Gasteiger charge is 2.21. The van der Waals surface area contributed by atoms with Gasteiger partial charge in [-0.25, -0.2) is 4.68 Å². The first-order chi connectivity index (χ1) is 10.4. The Morgan fingerprint density at radius 2 is 2.14 bits per heavy atom. The monoisotopic (exact) mass is 300 g/mol. The second-order valence-electron chi connectivity index (χ2n) is 4.62. The van der Waals surface area contributed by atoms with Crippen molar-refractivity contribution in [2.45, 2.75) is 19.4 Å². The summed E-state index contributed by atoms with van der Waals surface area (Å²) >= 11 is 1.35. The van der Waals surface area contributed by atoms with Crippen molar-refractivity contribution in [2.75, 3.05) is 6.54 Å². The number of aromatic nitrogens is 5. The summed E-state index contributed by atoms with van der Waals surface area (Å²) in [4.78, 5) is 0. The molecule has 0 saturated carbocycles. The fourth-order valence-corrected chi connectivity index (χ4v) is 2.64. The van der Waals surface area contributed by atoms with Crippen LogP contribution in [0.15, 0.2) is 41.9 Å². The van der Waals surface area contributed by atoms with Gasteiger partial charge in [0.25, 0.3) is 0 Å². The summed E-state index contributed by atoms with van der Waals surface area (Å²) in [6.07, 6.45) is 2.82. The lowest BCUT2D eigenvalue weighted by molar-refractivity contribution is 0.557. The van der Waals surface area contributed by atoms with Crippen LogP contribution in [0.2, 0.25) is 0 Å². The molecule has 1 atom stereocenters. The molecule has 0 bridgehead atoms. The Hall–Kier alpha value is -2.12. The Kier molecular flexibility index (Phi) is 4.32. The molecule has 3 aromatic rings. The van der Waals surface area contributed by atoms with Crippen LogP contribution in [0.25, 0.3) is 5.69 Å². The van der Waals surface area contributed by atoms with E-state index in [1.54, 1.807) is 6.20 Å². The average Bonchev–Trinajstić information content (AvgIpc) is 3.20. The summed E-state index contributed by atoms with van der Waals surface area (Å²) in [7, 11) is 0. The lowest BCUT2D eigenvalue weighted by atomic mass is 10.1. The van der Waals surface area contributed by atoms with Gasteiger partial charge < -0.3 is 5.32 Å². The first-order valence-corrected chi connectivity index (χ1v) is 7.70. The minimum absolute atomic E-state index is 0.0566. The SMILES string of the molecule is CCCNC(c1csnn1)c1cnnn1-c1ccccc1. The Bertz CT molecular complexity index is 664. The number of hydrogen-bond acceptors (Lipinski definition) is 6. The number of benzene rings is 1. The maximum Gasteiger partial charge on any atom is 0.0986 e. The quantitative estimate of drug-likeness (QED) is 0.756. The largest absolute Gasteiger partial charge is 0.304 e. The van der Waals surface area contributed by atoms with Crippen LogP contribution in [0.3, 0.4) is 0 Å². The van der Waals surface area contributed by atoms with Crippen LogP contribution in [-0.4, -0.2) is 31.1 Å². The van der Waals surface area contributed by atoms with Crippen molar-refractivity contribution in [2.24, 2.45) is 0 Å². The highest BCUT2D eigenvalue weighted by atomic mass is 32.1. The molecule has 0 aliphatic carbocycles. The Labute approximate surface area is 127 Å². The summed E-state index contributed by atoms with van der Waals surface area (Å²) in [5, 5.41) is 17.9. The highest BCUT2D eigenvalue weighted by molar-refractivity contribution is 7.03. The molecule has 0 saturated heterocycles. The lowest BCUT2D eigenvalue weighted by Crippen LogP contribution is -2.25. The maximum absolute atomic E-state index is 4.21. The number of rotatable bonds is 6. The van der Waals surface area contributed by atoms with Crippen molar-refractivity contribution in [3.63, 3.8) is 0 Å². The van der Waals surface area contributed by atoms with Crippen molar-refractivity contribution in [1.29, 1.82) is 0 Å². The lowest BCUT2D eigenvalue weighted by Gasteiger charge is -2.17. The molecule has 108 valence electrons. The molecular weight excluding hydrogens is 284 g/mol. The van der Waals surface area contributed by atoms with Crippen LogP contribution in [0, 0.1) is 0 Å². The van der Waals surface area contributed by atoms with Crippen molar-refractivity contribution >= 4 is 11.5 Å². The van der Waals surface area contributed by atoms with Gasteiger partial charge in [-0.2, -0.15) is 0 Å². The molecule has 1 aromatic carbocycles. The van der Waals surface area contributed by atoms with Gasteiger partial charge in [0.15, 0.2) is 0 Å². The fraction of sp³-hybridized carbons (Fsp3) is 0.286. The third-order valence-electron chi connectivity index (χ3n) is 3.14. The second kappa shape index (κ2) is 6.55. The van der Waals surface area contributed by atoms with Crippen LogP contribution in [0.5, 0.6) is 0 Å². The zero-order valence-corrected chi connectivity index (χ0v) is 12.5. The number of nitrogens with zero attached hydrogens (tertiary/aromatic N) is 5. The van der Waals surface area contributed by atoms with Gasteiger partial charge in [0.2, 0.25) is 0 Å². The summed E-state index contributed by atoms with van der Waals surface area (Å²) in [6, 6.07) is 9.91. The smallest absolute Gasteiger partial charge is 0.0986 e. The molecule has 0 aliphatic heterocycles. The van der Waals surface area contributed by atoms with E-state index >= 15 is 0 Å². The molecule has 21 heavy (non-hydrogen) atoms. The third-order valence-corrected chi connectivity index (χ3v) is 3.67. The van der Waals surface area contributed by atoms with Crippen LogP contribution < -0.4 is 5.32 Å². The molecule has 2 aromatic heterocycles. The molecule has 1 N–H and O–H groups in total. The summed E-state index contributed by atoms with van der Waals surface area (Å²) < 4.78 is 5.80. The van der Waals surface area contributed by atoms with E-state index in [9.17, 15) is 0 Å². The van der Waals surface area contributed by atoms with Gasteiger partial charge >= 0.3 is 0 Å². The van der Waals surface area contributed by atoms with Gasteiger partial charge in [-0.1, -0.05) is 34.8 Å². The number of hydrogen-bond donors (Lipinski definition) is 1. The topological polar surface area (TPSA) is 68.5 Å². The first-order valence-electron chi connectivity index (χ1n) is 6.86. The second-order valence-corrected chi connectivity index (χ2v) is 5.23. The van der Waals surface area contributed by atoms with E-state index in [-0.39, 0.29) is 6.04 Å². The van der Waals surface area contributed by atoms with Crippen LogP contribution in [0.1, 0.15) is 30.8 Å². The maximum atomic E-state index is 4.21. The van der Waals surface area contributed by atoms with Crippen LogP contribution >= 0.6 is 11.5 Å². The zero-order valence-electron chi connectivity index (χ0n) is 11.7. The number of para-hydroxylation sites is 1. The molecule has 0 aliphatic rings. The number of nitrogens with one attached hydrogen (secondary N) is 1. The molecule has 0 amide bonds. The normalized spacial score (nSPS) is 12.4. The minimum Gasteiger partial charge on any atom is -0.304 e. The van der Waals surface area contributed by atoms with Crippen LogP contribution in [-0.2, 0) is 0 Å². The summed E-state index contributed by atoms with van der Waals surface area (Å²) in [6.45, 7) is 3.03. The first kappa shape index (κ1) is 13.8. The summed E-state index contributed by atoms with van der Waals surface area (Å²) in [5.41, 5.74) is 2.84. The Balaban J connectivity index is 1.99. The van der Waals surface area contributed by atoms with Crippen molar-refractivity contribution < 1.29 is 0 Å². The predicted molar refractivity (Wildman–Crippen MR) is 81.4 cm³/mol. The van der Waals surface area contributed by atoms with Gasteiger partial charge in [-0.05, 0) is 36.6 Å². The Morgan fingerprint density at radius 1 is 1.29 bits per heavy atom. The molecule has 6 nitrogen and oxygen atoms in total. The average molecular weight is 300 g/mol. The summed E-state index contributed by atoms with van der Waals surface area (Å²) in [5.74, 6) is 0. The van der Waals surface area contributed by atoms with Crippen molar-refractivity contribution in [3.05, 3.63) is 53.3 Å². The Morgan fingerprint density at radius 3 is 2.86 bits per heavy atom.